The van der Waals surface area contributed by atoms with E-state index in [1.807, 2.05) is 32.0 Å². The SMILES string of the molecule is CC(C)c1nnc(NC(=O)c2cc(-c3ccccc3Cl)nn2C)s1. The number of aryl methyl sites for hydroxylation is 1. The van der Waals surface area contributed by atoms with Crippen molar-refractivity contribution in [3.05, 3.63) is 46.1 Å². The Kier molecular flexibility index (Phi) is 4.64. The first kappa shape index (κ1) is 16.6. The summed E-state index contributed by atoms with van der Waals surface area (Å²) in [4.78, 5) is 12.5. The van der Waals surface area contributed by atoms with E-state index < -0.39 is 0 Å². The molecule has 2 aromatic heterocycles. The first-order valence-corrected chi connectivity index (χ1v) is 8.59. The highest BCUT2D eigenvalue weighted by Crippen LogP contribution is 2.27. The smallest absolute Gasteiger partial charge is 0.275 e. The number of nitrogens with zero attached hydrogens (tertiary/aromatic N) is 4. The lowest BCUT2D eigenvalue weighted by atomic mass is 10.1. The predicted octanol–water partition coefficient (Wildman–Crippen LogP) is 3.97. The number of carbonyl (C=O) groups excluding carboxylic acids is 1. The Morgan fingerprint density at radius 3 is 2.71 bits per heavy atom. The van der Waals surface area contributed by atoms with Gasteiger partial charge in [-0.15, -0.1) is 10.2 Å². The van der Waals surface area contributed by atoms with Gasteiger partial charge in [0, 0.05) is 18.5 Å². The Morgan fingerprint density at radius 2 is 2.04 bits per heavy atom. The van der Waals surface area contributed by atoms with Gasteiger partial charge >= 0.3 is 0 Å². The maximum absolute atomic E-state index is 12.5. The topological polar surface area (TPSA) is 72.7 Å². The minimum Gasteiger partial charge on any atom is -0.295 e. The molecule has 0 saturated heterocycles. The number of aromatic nitrogens is 4. The molecule has 0 aliphatic heterocycles. The van der Waals surface area contributed by atoms with Crippen molar-refractivity contribution in [2.24, 2.45) is 7.05 Å². The van der Waals surface area contributed by atoms with Crippen molar-refractivity contribution in [3.63, 3.8) is 0 Å². The van der Waals surface area contributed by atoms with E-state index in [-0.39, 0.29) is 11.8 Å². The van der Waals surface area contributed by atoms with Crippen LogP contribution in [0.1, 0.15) is 35.3 Å². The number of anilines is 1. The van der Waals surface area contributed by atoms with E-state index in [2.05, 4.69) is 20.6 Å². The minimum atomic E-state index is -0.283. The highest BCUT2D eigenvalue weighted by Gasteiger charge is 2.17. The van der Waals surface area contributed by atoms with Gasteiger partial charge in [0.2, 0.25) is 5.13 Å². The Balaban J connectivity index is 1.84. The van der Waals surface area contributed by atoms with Crippen LogP contribution in [-0.4, -0.2) is 25.9 Å². The van der Waals surface area contributed by atoms with Crippen molar-refractivity contribution >= 4 is 34.0 Å². The molecule has 1 N–H and O–H groups in total. The van der Waals surface area contributed by atoms with Crippen LogP contribution in [-0.2, 0) is 7.05 Å². The van der Waals surface area contributed by atoms with Gasteiger partial charge in [-0.2, -0.15) is 5.10 Å². The van der Waals surface area contributed by atoms with E-state index in [9.17, 15) is 4.79 Å². The second kappa shape index (κ2) is 6.70. The molecule has 0 unspecified atom stereocenters. The van der Waals surface area contributed by atoms with Gasteiger partial charge in [-0.1, -0.05) is 55.0 Å². The Labute approximate surface area is 148 Å². The zero-order valence-electron chi connectivity index (χ0n) is 13.4. The van der Waals surface area contributed by atoms with Crippen LogP contribution < -0.4 is 5.32 Å². The summed E-state index contributed by atoms with van der Waals surface area (Å²) >= 11 is 7.57. The third kappa shape index (κ3) is 3.32. The van der Waals surface area contributed by atoms with Crippen LogP contribution in [0.15, 0.2) is 30.3 Å². The monoisotopic (exact) mass is 361 g/mol. The first-order valence-electron chi connectivity index (χ1n) is 7.39. The lowest BCUT2D eigenvalue weighted by Gasteiger charge is -2.00. The van der Waals surface area contributed by atoms with Crippen molar-refractivity contribution in [1.29, 1.82) is 0 Å². The highest BCUT2D eigenvalue weighted by atomic mass is 35.5. The second-order valence-electron chi connectivity index (χ2n) is 5.57. The van der Waals surface area contributed by atoms with E-state index in [0.717, 1.165) is 10.6 Å². The van der Waals surface area contributed by atoms with Gasteiger partial charge in [-0.25, -0.2) is 0 Å². The molecule has 0 bridgehead atoms. The van der Waals surface area contributed by atoms with Gasteiger partial charge in [0.15, 0.2) is 0 Å². The molecule has 8 heteroatoms. The Bertz CT molecular complexity index is 886. The van der Waals surface area contributed by atoms with Crippen LogP contribution in [0.2, 0.25) is 5.02 Å². The van der Waals surface area contributed by atoms with Gasteiger partial charge in [-0.3, -0.25) is 14.8 Å². The molecular formula is C16H16ClN5OS. The van der Waals surface area contributed by atoms with Crippen molar-refractivity contribution in [3.8, 4) is 11.3 Å². The molecule has 1 amide bonds. The number of hydrogen-bond acceptors (Lipinski definition) is 5. The summed E-state index contributed by atoms with van der Waals surface area (Å²) in [6, 6.07) is 9.10. The number of amides is 1. The molecule has 6 nitrogen and oxygen atoms in total. The summed E-state index contributed by atoms with van der Waals surface area (Å²) in [6.07, 6.45) is 0. The standard InChI is InChI=1S/C16H16ClN5OS/c1-9(2)15-19-20-16(24-15)18-14(23)13-8-12(21-22(13)3)10-6-4-5-7-11(10)17/h4-9H,1-3H3,(H,18,20,23). The lowest BCUT2D eigenvalue weighted by Crippen LogP contribution is -2.15. The average Bonchev–Trinajstić information content (AvgIpc) is 3.14. The molecule has 0 radical (unpaired) electrons. The molecule has 0 spiro atoms. The van der Waals surface area contributed by atoms with Crippen molar-refractivity contribution in [2.75, 3.05) is 5.32 Å². The van der Waals surface area contributed by atoms with Gasteiger partial charge in [-0.05, 0) is 12.1 Å². The van der Waals surface area contributed by atoms with Crippen LogP contribution >= 0.6 is 22.9 Å². The number of halogens is 1. The number of hydrogen-bond donors (Lipinski definition) is 1. The third-order valence-corrected chi connectivity index (χ3v) is 4.89. The normalized spacial score (nSPS) is 11.0. The molecule has 1 aromatic carbocycles. The van der Waals surface area contributed by atoms with Crippen molar-refractivity contribution < 1.29 is 4.79 Å². The van der Waals surface area contributed by atoms with E-state index in [1.165, 1.54) is 16.0 Å². The molecule has 24 heavy (non-hydrogen) atoms. The van der Waals surface area contributed by atoms with Crippen LogP contribution in [0.3, 0.4) is 0 Å². The largest absolute Gasteiger partial charge is 0.295 e. The number of nitrogens with one attached hydrogen (secondary N) is 1. The van der Waals surface area contributed by atoms with E-state index in [4.69, 9.17) is 11.6 Å². The lowest BCUT2D eigenvalue weighted by molar-refractivity contribution is 0.101. The molecule has 0 atom stereocenters. The molecule has 3 rings (SSSR count). The van der Waals surface area contributed by atoms with Crippen LogP contribution in [0.4, 0.5) is 5.13 Å². The summed E-state index contributed by atoms with van der Waals surface area (Å²) in [7, 11) is 1.72. The molecule has 124 valence electrons. The highest BCUT2D eigenvalue weighted by molar-refractivity contribution is 7.15. The van der Waals surface area contributed by atoms with Gasteiger partial charge in [0.1, 0.15) is 10.7 Å². The van der Waals surface area contributed by atoms with Crippen molar-refractivity contribution in [2.45, 2.75) is 19.8 Å². The number of carbonyl (C=O) groups is 1. The summed E-state index contributed by atoms with van der Waals surface area (Å²) < 4.78 is 1.53. The zero-order valence-corrected chi connectivity index (χ0v) is 15.0. The Morgan fingerprint density at radius 1 is 1.29 bits per heavy atom. The molecule has 0 aliphatic carbocycles. The first-order chi connectivity index (χ1) is 11.5. The van der Waals surface area contributed by atoms with Crippen LogP contribution in [0, 0.1) is 0 Å². The fourth-order valence-electron chi connectivity index (χ4n) is 2.16. The minimum absolute atomic E-state index is 0.275. The molecule has 0 saturated carbocycles. The predicted molar refractivity (Wildman–Crippen MR) is 95.6 cm³/mol. The fourth-order valence-corrected chi connectivity index (χ4v) is 3.13. The van der Waals surface area contributed by atoms with Gasteiger partial charge < -0.3 is 0 Å². The molecule has 0 aliphatic rings. The number of benzene rings is 1. The number of rotatable bonds is 4. The Hall–Kier alpha value is -2.25. The summed E-state index contributed by atoms with van der Waals surface area (Å²) in [5, 5.41) is 17.2. The van der Waals surface area contributed by atoms with Gasteiger partial charge in [0.05, 0.1) is 10.7 Å². The fraction of sp³-hybridized carbons (Fsp3) is 0.250. The summed E-state index contributed by atoms with van der Waals surface area (Å²) in [6.45, 7) is 4.06. The van der Waals surface area contributed by atoms with E-state index in [0.29, 0.717) is 21.5 Å². The van der Waals surface area contributed by atoms with E-state index in [1.54, 1.807) is 19.2 Å². The average molecular weight is 362 g/mol. The molecule has 0 fully saturated rings. The van der Waals surface area contributed by atoms with E-state index >= 15 is 0 Å². The van der Waals surface area contributed by atoms with Crippen molar-refractivity contribution in [1.82, 2.24) is 20.0 Å². The quantitative estimate of drug-likeness (QED) is 0.763. The maximum atomic E-state index is 12.5. The maximum Gasteiger partial charge on any atom is 0.275 e. The molecule has 2 heterocycles. The molecule has 3 aromatic rings. The van der Waals surface area contributed by atoms with Gasteiger partial charge in [0.25, 0.3) is 5.91 Å². The summed E-state index contributed by atoms with van der Waals surface area (Å²) in [5.41, 5.74) is 1.85. The van der Waals surface area contributed by atoms with Crippen LogP contribution in [0.5, 0.6) is 0 Å². The second-order valence-corrected chi connectivity index (χ2v) is 6.99. The van der Waals surface area contributed by atoms with Crippen LogP contribution in [0.25, 0.3) is 11.3 Å². The molecular weight excluding hydrogens is 346 g/mol. The third-order valence-electron chi connectivity index (χ3n) is 3.42. The zero-order chi connectivity index (χ0) is 17.3. The summed E-state index contributed by atoms with van der Waals surface area (Å²) in [5.74, 6) is -0.00793.